The van der Waals surface area contributed by atoms with E-state index in [-0.39, 0.29) is 24.4 Å². The lowest BCUT2D eigenvalue weighted by Crippen LogP contribution is -2.52. The molecule has 2 aromatic rings. The van der Waals surface area contributed by atoms with Gasteiger partial charge in [-0.25, -0.2) is 4.79 Å². The van der Waals surface area contributed by atoms with Crippen LogP contribution in [0.1, 0.15) is 54.5 Å². The zero-order valence-electron chi connectivity index (χ0n) is 22.0. The van der Waals surface area contributed by atoms with Crippen molar-refractivity contribution in [1.29, 1.82) is 0 Å². The molecule has 0 saturated carbocycles. The van der Waals surface area contributed by atoms with Crippen molar-refractivity contribution in [2.45, 2.75) is 58.5 Å². The molecule has 1 N–H and O–H groups in total. The molecule has 3 aliphatic heterocycles. The normalized spacial score (nSPS) is 20.7. The van der Waals surface area contributed by atoms with Gasteiger partial charge in [0.25, 0.3) is 5.91 Å². The van der Waals surface area contributed by atoms with Crippen molar-refractivity contribution in [3.05, 3.63) is 82.1 Å². The van der Waals surface area contributed by atoms with E-state index in [2.05, 4.69) is 11.4 Å². The van der Waals surface area contributed by atoms with Gasteiger partial charge in [0.15, 0.2) is 0 Å². The van der Waals surface area contributed by atoms with Crippen LogP contribution in [0.25, 0.3) is 0 Å². The highest BCUT2D eigenvalue weighted by Gasteiger charge is 2.47. The van der Waals surface area contributed by atoms with E-state index in [0.717, 1.165) is 54.6 Å². The third-order valence-corrected chi connectivity index (χ3v) is 7.90. The number of carbonyl (C=O) groups excluding carboxylic acids is 3. The van der Waals surface area contributed by atoms with Crippen molar-refractivity contribution in [2.75, 3.05) is 26.2 Å². The number of rotatable bonds is 6. The minimum absolute atomic E-state index is 0.00199. The van der Waals surface area contributed by atoms with E-state index in [1.807, 2.05) is 68.1 Å². The van der Waals surface area contributed by atoms with Crippen LogP contribution >= 0.6 is 0 Å². The summed E-state index contributed by atoms with van der Waals surface area (Å²) in [5, 5.41) is 3.08. The smallest absolute Gasteiger partial charge is 0.322 e. The molecule has 4 amide bonds. The van der Waals surface area contributed by atoms with Gasteiger partial charge >= 0.3 is 6.03 Å². The number of urea groups is 1. The Labute approximate surface area is 219 Å². The summed E-state index contributed by atoms with van der Waals surface area (Å²) in [4.78, 5) is 46.6. The number of amides is 4. The number of likely N-dealkylation sites (tertiary alicyclic amines) is 1. The number of benzene rings is 2. The summed E-state index contributed by atoms with van der Waals surface area (Å²) >= 11 is 0. The molecule has 7 heteroatoms. The van der Waals surface area contributed by atoms with Crippen LogP contribution in [0.15, 0.2) is 59.8 Å². The molecule has 194 valence electrons. The Kier molecular flexibility index (Phi) is 7.04. The van der Waals surface area contributed by atoms with Gasteiger partial charge in [-0.15, -0.1) is 0 Å². The van der Waals surface area contributed by atoms with Crippen molar-refractivity contribution >= 4 is 17.8 Å². The van der Waals surface area contributed by atoms with Gasteiger partial charge in [-0.1, -0.05) is 54.1 Å². The summed E-state index contributed by atoms with van der Waals surface area (Å²) in [7, 11) is 0. The topological polar surface area (TPSA) is 73.0 Å². The summed E-state index contributed by atoms with van der Waals surface area (Å²) in [5.74, 6) is -0.160. The molecule has 0 aliphatic carbocycles. The average Bonchev–Trinajstić information content (AvgIpc) is 3.24. The van der Waals surface area contributed by atoms with Crippen LogP contribution in [0, 0.1) is 13.8 Å². The summed E-state index contributed by atoms with van der Waals surface area (Å²) < 4.78 is 0. The molecule has 7 nitrogen and oxygen atoms in total. The molecular weight excluding hydrogens is 464 g/mol. The molecule has 1 fully saturated rings. The lowest BCUT2D eigenvalue weighted by molar-refractivity contribution is -0.143. The predicted molar refractivity (Wildman–Crippen MR) is 143 cm³/mol. The quantitative estimate of drug-likeness (QED) is 0.649. The molecule has 2 aromatic carbocycles. The number of aryl methyl sites for hydroxylation is 2. The van der Waals surface area contributed by atoms with E-state index in [9.17, 15) is 14.4 Å². The summed E-state index contributed by atoms with van der Waals surface area (Å²) in [6.07, 6.45) is 3.55. The molecule has 0 radical (unpaired) electrons. The van der Waals surface area contributed by atoms with Crippen LogP contribution < -0.4 is 5.32 Å². The lowest BCUT2D eigenvalue weighted by Gasteiger charge is -2.35. The standard InChI is InChI=1S/C30H36N4O3/c1-4-33-25-19-34(24(18-22-11-7-5-8-12-22)28(35)32-15-9-6-10-16-32)29(36)26(25)27(31-30(33)37)23-14-13-20(2)17-21(23)3/h5,7-8,11-14,17,24,27H,4,6,9-10,15-16,18-19H2,1-3H3,(H,31,37)/t24-,27+/m1/s1. The van der Waals surface area contributed by atoms with Gasteiger partial charge in [0.1, 0.15) is 6.04 Å². The molecule has 0 unspecified atom stereocenters. The van der Waals surface area contributed by atoms with E-state index in [1.165, 1.54) is 0 Å². The molecular formula is C30H36N4O3. The predicted octanol–water partition coefficient (Wildman–Crippen LogP) is 4.11. The van der Waals surface area contributed by atoms with Crippen molar-refractivity contribution < 1.29 is 14.4 Å². The van der Waals surface area contributed by atoms with Gasteiger partial charge in [0, 0.05) is 26.1 Å². The first kappa shape index (κ1) is 25.1. The molecule has 1 saturated heterocycles. The van der Waals surface area contributed by atoms with Gasteiger partial charge in [-0.2, -0.15) is 0 Å². The highest BCUT2D eigenvalue weighted by molar-refractivity contribution is 6.03. The fourth-order valence-electron chi connectivity index (χ4n) is 5.98. The number of nitrogens with zero attached hydrogens (tertiary/aromatic N) is 3. The van der Waals surface area contributed by atoms with Crippen LogP contribution in [0.3, 0.4) is 0 Å². The maximum atomic E-state index is 14.2. The Balaban J connectivity index is 1.53. The largest absolute Gasteiger partial charge is 0.341 e. The first-order valence-electron chi connectivity index (χ1n) is 13.4. The van der Waals surface area contributed by atoms with E-state index >= 15 is 0 Å². The molecule has 3 aliphatic rings. The third-order valence-electron chi connectivity index (χ3n) is 7.90. The van der Waals surface area contributed by atoms with Crippen molar-refractivity contribution in [3.8, 4) is 0 Å². The maximum Gasteiger partial charge on any atom is 0.322 e. The maximum absolute atomic E-state index is 14.2. The summed E-state index contributed by atoms with van der Waals surface area (Å²) in [6.45, 7) is 8.12. The van der Waals surface area contributed by atoms with Crippen molar-refractivity contribution in [3.63, 3.8) is 0 Å². The van der Waals surface area contributed by atoms with Crippen LogP contribution in [0.2, 0.25) is 0 Å². The van der Waals surface area contributed by atoms with Gasteiger partial charge in [0.05, 0.1) is 23.9 Å². The summed E-state index contributed by atoms with van der Waals surface area (Å²) in [5.41, 5.74) is 5.38. The zero-order valence-corrected chi connectivity index (χ0v) is 22.0. The van der Waals surface area contributed by atoms with E-state index in [0.29, 0.717) is 24.2 Å². The third kappa shape index (κ3) is 4.75. The Morgan fingerprint density at radius 3 is 2.43 bits per heavy atom. The molecule has 0 aromatic heterocycles. The number of piperidine rings is 1. The first-order valence-corrected chi connectivity index (χ1v) is 13.4. The van der Waals surface area contributed by atoms with Gasteiger partial charge in [-0.05, 0) is 56.7 Å². The molecule has 0 bridgehead atoms. The fraction of sp³-hybridized carbons (Fsp3) is 0.433. The second-order valence-corrected chi connectivity index (χ2v) is 10.4. The van der Waals surface area contributed by atoms with Gasteiger partial charge in [0.2, 0.25) is 5.91 Å². The van der Waals surface area contributed by atoms with E-state index in [4.69, 9.17) is 0 Å². The molecule has 2 atom stereocenters. The minimum Gasteiger partial charge on any atom is -0.341 e. The number of carbonyl (C=O) groups is 3. The second-order valence-electron chi connectivity index (χ2n) is 10.4. The Morgan fingerprint density at radius 1 is 1.03 bits per heavy atom. The van der Waals surface area contributed by atoms with Crippen molar-refractivity contribution in [1.82, 2.24) is 20.0 Å². The zero-order chi connectivity index (χ0) is 26.1. The first-order chi connectivity index (χ1) is 17.9. The number of hydrogen-bond donors (Lipinski definition) is 1. The van der Waals surface area contributed by atoms with Crippen LogP contribution in [-0.4, -0.2) is 64.8 Å². The number of likely N-dealkylation sites (N-methyl/N-ethyl adjacent to an activating group) is 1. The number of hydrogen-bond acceptors (Lipinski definition) is 3. The monoisotopic (exact) mass is 500 g/mol. The molecule has 5 rings (SSSR count). The highest BCUT2D eigenvalue weighted by Crippen LogP contribution is 2.38. The Bertz CT molecular complexity index is 1230. The van der Waals surface area contributed by atoms with E-state index < -0.39 is 12.1 Å². The minimum atomic E-state index is -0.618. The highest BCUT2D eigenvalue weighted by atomic mass is 16.2. The molecule has 0 spiro atoms. The van der Waals surface area contributed by atoms with Crippen LogP contribution in [0.5, 0.6) is 0 Å². The average molecular weight is 501 g/mol. The SMILES string of the molecule is CCN1C(=O)N[C@@H](c2ccc(C)cc2C)C2=C1CN([C@H](Cc1ccccc1)C(=O)N1CCCCC1)C2=O. The van der Waals surface area contributed by atoms with Crippen LogP contribution in [0.4, 0.5) is 4.79 Å². The van der Waals surface area contributed by atoms with Crippen LogP contribution in [-0.2, 0) is 16.0 Å². The Morgan fingerprint density at radius 2 is 1.76 bits per heavy atom. The molecule has 37 heavy (non-hydrogen) atoms. The fourth-order valence-corrected chi connectivity index (χ4v) is 5.98. The summed E-state index contributed by atoms with van der Waals surface area (Å²) in [6, 6.07) is 14.6. The Hall–Kier alpha value is -3.61. The second kappa shape index (κ2) is 10.4. The lowest BCUT2D eigenvalue weighted by atomic mass is 9.91. The number of nitrogens with one attached hydrogen (secondary N) is 1. The van der Waals surface area contributed by atoms with Gasteiger partial charge < -0.3 is 15.1 Å². The van der Waals surface area contributed by atoms with E-state index in [1.54, 1.807) is 9.80 Å². The van der Waals surface area contributed by atoms with Gasteiger partial charge in [-0.3, -0.25) is 14.5 Å². The van der Waals surface area contributed by atoms with Crippen molar-refractivity contribution in [2.24, 2.45) is 0 Å². The molecule has 3 heterocycles.